The molecule has 6 nitrogen and oxygen atoms in total. The predicted octanol–water partition coefficient (Wildman–Crippen LogP) is -1.19. The summed E-state index contributed by atoms with van der Waals surface area (Å²) in [5, 5.41) is 8.47. The number of carbonyl (C=O) groups is 2. The average molecular weight is 160 g/mol. The molecular weight excluding hydrogens is 152 g/mol. The lowest BCUT2D eigenvalue weighted by Crippen LogP contribution is -2.44. The maximum Gasteiger partial charge on any atom is 0.409 e. The first-order chi connectivity index (χ1) is 5.13. The Hall–Kier alpha value is -1.30. The Morgan fingerprint density at radius 2 is 2.27 bits per heavy atom. The number of hydrogen-bond acceptors (Lipinski definition) is 3. The largest absolute Gasteiger partial charge is 0.465 e. The Labute approximate surface area is 62.5 Å². The molecule has 1 heterocycles. The van der Waals surface area contributed by atoms with Gasteiger partial charge in [-0.3, -0.25) is 9.69 Å². The molecule has 1 aliphatic heterocycles. The van der Waals surface area contributed by atoms with Crippen molar-refractivity contribution in [2.45, 2.75) is 6.04 Å². The monoisotopic (exact) mass is 160 g/mol. The van der Waals surface area contributed by atoms with Gasteiger partial charge in [-0.25, -0.2) is 4.79 Å². The molecule has 0 bridgehead atoms. The molecule has 1 saturated heterocycles. The van der Waals surface area contributed by atoms with Gasteiger partial charge < -0.3 is 15.6 Å². The van der Waals surface area contributed by atoms with Crippen molar-refractivity contribution >= 4 is 12.0 Å². The summed E-state index contributed by atoms with van der Waals surface area (Å²) in [6, 6.07) is -0.826. The Bertz CT molecular complexity index is 173. The second-order valence-electron chi connectivity index (χ2n) is 2.17. The van der Waals surface area contributed by atoms with Crippen LogP contribution in [0.5, 0.6) is 0 Å². The third-order valence-electron chi connectivity index (χ3n) is 1.46. The van der Waals surface area contributed by atoms with Crippen LogP contribution < -0.4 is 5.73 Å². The lowest BCUT2D eigenvalue weighted by Gasteiger charge is -2.14. The van der Waals surface area contributed by atoms with Crippen molar-refractivity contribution < 1.29 is 19.4 Å². The van der Waals surface area contributed by atoms with Gasteiger partial charge in [0.2, 0.25) is 5.91 Å². The molecule has 1 fully saturated rings. The average Bonchev–Trinajstić information content (AvgIpc) is 2.32. The molecule has 0 unspecified atom stereocenters. The minimum atomic E-state index is -1.19. The number of hydrogen-bond donors (Lipinski definition) is 2. The Morgan fingerprint density at radius 1 is 1.64 bits per heavy atom. The van der Waals surface area contributed by atoms with Crippen LogP contribution in [0, 0.1) is 0 Å². The van der Waals surface area contributed by atoms with Gasteiger partial charge in [-0.15, -0.1) is 0 Å². The lowest BCUT2D eigenvalue weighted by molar-refractivity contribution is -0.121. The Kier molecular flexibility index (Phi) is 1.95. The quantitative estimate of drug-likeness (QED) is 0.504. The molecule has 3 N–H and O–H groups in total. The highest BCUT2D eigenvalue weighted by Crippen LogP contribution is 2.08. The SMILES string of the molecule is NC(=O)[C@@H]1COCN1C(=O)O. The van der Waals surface area contributed by atoms with Crippen LogP contribution >= 0.6 is 0 Å². The van der Waals surface area contributed by atoms with Gasteiger partial charge in [-0.1, -0.05) is 0 Å². The fourth-order valence-electron chi connectivity index (χ4n) is 0.867. The van der Waals surface area contributed by atoms with E-state index in [1.165, 1.54) is 0 Å². The fraction of sp³-hybridized carbons (Fsp3) is 0.600. The molecule has 0 saturated carbocycles. The maximum absolute atomic E-state index is 10.6. The van der Waals surface area contributed by atoms with Gasteiger partial charge in [0.05, 0.1) is 6.61 Å². The van der Waals surface area contributed by atoms with Crippen LogP contribution in [0.1, 0.15) is 0 Å². The molecule has 6 heteroatoms. The van der Waals surface area contributed by atoms with Crippen molar-refractivity contribution in [2.75, 3.05) is 13.3 Å². The first kappa shape index (κ1) is 7.80. The zero-order valence-electron chi connectivity index (χ0n) is 5.69. The van der Waals surface area contributed by atoms with E-state index in [1.807, 2.05) is 0 Å². The van der Waals surface area contributed by atoms with E-state index in [0.717, 1.165) is 4.90 Å². The maximum atomic E-state index is 10.6. The van der Waals surface area contributed by atoms with Crippen molar-refractivity contribution in [3.05, 3.63) is 0 Å². The highest BCUT2D eigenvalue weighted by molar-refractivity contribution is 5.84. The molecule has 0 aromatic rings. The summed E-state index contributed by atoms with van der Waals surface area (Å²) in [6.07, 6.45) is -1.19. The first-order valence-corrected chi connectivity index (χ1v) is 2.99. The van der Waals surface area contributed by atoms with Crippen LogP contribution in [0.3, 0.4) is 0 Å². The Balaban J connectivity index is 2.65. The topological polar surface area (TPSA) is 92.9 Å². The normalized spacial score (nSPS) is 23.6. The molecule has 0 aromatic heterocycles. The van der Waals surface area contributed by atoms with Crippen molar-refractivity contribution in [2.24, 2.45) is 5.73 Å². The first-order valence-electron chi connectivity index (χ1n) is 2.99. The van der Waals surface area contributed by atoms with E-state index in [4.69, 9.17) is 15.6 Å². The standard InChI is InChI=1S/C5H8N2O4/c6-4(8)3-1-11-2-7(3)5(9)10/h3H,1-2H2,(H2,6,8)(H,9,10)/t3-/m0/s1. The van der Waals surface area contributed by atoms with E-state index in [2.05, 4.69) is 0 Å². The molecule has 11 heavy (non-hydrogen) atoms. The molecule has 62 valence electrons. The van der Waals surface area contributed by atoms with Crippen LogP contribution in [0.15, 0.2) is 0 Å². The van der Waals surface area contributed by atoms with E-state index in [0.29, 0.717) is 0 Å². The smallest absolute Gasteiger partial charge is 0.409 e. The number of primary amides is 1. The fourth-order valence-corrected chi connectivity index (χ4v) is 0.867. The van der Waals surface area contributed by atoms with Crippen molar-refractivity contribution in [1.29, 1.82) is 0 Å². The number of carbonyl (C=O) groups excluding carboxylic acids is 1. The molecule has 1 rings (SSSR count). The number of carboxylic acid groups (broad SMARTS) is 1. The molecule has 1 aliphatic rings. The molecule has 0 aromatic carbocycles. The summed E-state index contributed by atoms with van der Waals surface area (Å²) in [5.74, 6) is -0.676. The van der Waals surface area contributed by atoms with E-state index >= 15 is 0 Å². The van der Waals surface area contributed by atoms with Crippen molar-refractivity contribution in [1.82, 2.24) is 4.90 Å². The van der Waals surface area contributed by atoms with Gasteiger partial charge in [0, 0.05) is 0 Å². The molecular formula is C5H8N2O4. The number of rotatable bonds is 1. The molecule has 0 spiro atoms. The van der Waals surface area contributed by atoms with Crippen LogP contribution in [0.2, 0.25) is 0 Å². The van der Waals surface area contributed by atoms with E-state index in [-0.39, 0.29) is 13.3 Å². The van der Waals surface area contributed by atoms with E-state index in [1.54, 1.807) is 0 Å². The number of nitrogens with zero attached hydrogens (tertiary/aromatic N) is 1. The summed E-state index contributed by atoms with van der Waals surface area (Å²) in [7, 11) is 0. The molecule has 0 aliphatic carbocycles. The van der Waals surface area contributed by atoms with Gasteiger partial charge in [0.15, 0.2) is 0 Å². The number of amides is 2. The zero-order valence-corrected chi connectivity index (χ0v) is 5.69. The van der Waals surface area contributed by atoms with Crippen LogP contribution in [0.4, 0.5) is 4.79 Å². The highest BCUT2D eigenvalue weighted by atomic mass is 16.5. The van der Waals surface area contributed by atoms with Crippen LogP contribution in [-0.2, 0) is 9.53 Å². The number of nitrogens with two attached hydrogens (primary N) is 1. The Morgan fingerprint density at radius 3 is 2.64 bits per heavy atom. The van der Waals surface area contributed by atoms with Gasteiger partial charge in [0.25, 0.3) is 0 Å². The van der Waals surface area contributed by atoms with Gasteiger partial charge >= 0.3 is 6.09 Å². The third-order valence-corrected chi connectivity index (χ3v) is 1.46. The summed E-state index contributed by atoms with van der Waals surface area (Å²) in [6.45, 7) is -0.0232. The summed E-state index contributed by atoms with van der Waals surface area (Å²) >= 11 is 0. The predicted molar refractivity (Wildman–Crippen MR) is 33.7 cm³/mol. The zero-order chi connectivity index (χ0) is 8.43. The summed E-state index contributed by atoms with van der Waals surface area (Å²) < 4.78 is 4.74. The van der Waals surface area contributed by atoms with Crippen molar-refractivity contribution in [3.8, 4) is 0 Å². The minimum absolute atomic E-state index is 0.0572. The number of ether oxygens (including phenoxy) is 1. The molecule has 0 radical (unpaired) electrons. The van der Waals surface area contributed by atoms with Crippen LogP contribution in [0.25, 0.3) is 0 Å². The molecule has 2 amide bonds. The summed E-state index contributed by atoms with van der Waals surface area (Å²) in [4.78, 5) is 21.8. The summed E-state index contributed by atoms with van der Waals surface area (Å²) in [5.41, 5.74) is 4.90. The second kappa shape index (κ2) is 2.75. The van der Waals surface area contributed by atoms with E-state index < -0.39 is 18.0 Å². The van der Waals surface area contributed by atoms with Gasteiger partial charge in [0.1, 0.15) is 12.8 Å². The lowest BCUT2D eigenvalue weighted by atomic mass is 10.3. The third kappa shape index (κ3) is 1.40. The van der Waals surface area contributed by atoms with Gasteiger partial charge in [-0.2, -0.15) is 0 Å². The second-order valence-corrected chi connectivity index (χ2v) is 2.17. The van der Waals surface area contributed by atoms with Gasteiger partial charge in [-0.05, 0) is 0 Å². The molecule has 1 atom stereocenters. The minimum Gasteiger partial charge on any atom is -0.465 e. The highest BCUT2D eigenvalue weighted by Gasteiger charge is 2.33. The van der Waals surface area contributed by atoms with Crippen molar-refractivity contribution in [3.63, 3.8) is 0 Å². The van der Waals surface area contributed by atoms with E-state index in [9.17, 15) is 9.59 Å². The van der Waals surface area contributed by atoms with Crippen LogP contribution in [-0.4, -0.2) is 41.4 Å².